The van der Waals surface area contributed by atoms with E-state index in [0.29, 0.717) is 53.0 Å². The third-order valence-electron chi connectivity index (χ3n) is 11.1. The molecule has 1 amide bonds. The Hall–Kier alpha value is -3.75. The first-order valence-electron chi connectivity index (χ1n) is 16.3. The van der Waals surface area contributed by atoms with Crippen molar-refractivity contribution >= 4 is 17.4 Å². The maximum absolute atomic E-state index is 14.7. The summed E-state index contributed by atoms with van der Waals surface area (Å²) in [4.78, 5) is 32.0. The Morgan fingerprint density at radius 1 is 1.23 bits per heavy atom. The van der Waals surface area contributed by atoms with Crippen LogP contribution in [0.5, 0.6) is 5.75 Å². The number of aromatic hydroxyl groups is 1. The van der Waals surface area contributed by atoms with E-state index in [9.17, 15) is 38.1 Å². The number of rotatable bonds is 7. The Bertz CT molecular complexity index is 1670. The van der Waals surface area contributed by atoms with Gasteiger partial charge in [-0.3, -0.25) is 14.5 Å². The number of carbonyl (C=O) groups is 2. The smallest absolute Gasteiger partial charge is 0.417 e. The summed E-state index contributed by atoms with van der Waals surface area (Å²) in [5, 5.41) is 33.4. The molecule has 0 bridgehead atoms. The molecule has 1 aromatic rings. The van der Waals surface area contributed by atoms with Gasteiger partial charge in [-0.15, -0.1) is 0 Å². The number of benzene rings is 1. The monoisotopic (exact) mass is 677 g/mol. The minimum atomic E-state index is -4.74. The number of aliphatic hydroxyl groups excluding tert-OH is 1. The number of hydrogen-bond donors (Lipinski definition) is 5. The first-order valence-corrected chi connectivity index (χ1v) is 16.3. The number of aliphatic hydroxyl groups is 2. The number of alkyl halides is 3. The fourth-order valence-corrected chi connectivity index (χ4v) is 8.81. The summed E-state index contributed by atoms with van der Waals surface area (Å²) in [7, 11) is 8.80. The number of phenols is 1. The summed E-state index contributed by atoms with van der Waals surface area (Å²) in [5.74, 6) is -1.73. The van der Waals surface area contributed by atoms with E-state index in [4.69, 9.17) is 15.2 Å². The second-order valence-electron chi connectivity index (χ2n) is 14.1. The molecule has 6 rings (SSSR count). The number of amides is 1. The number of fused-ring (bicyclic) bond motifs is 2. The standard InChI is InChI=1S/C34H43F3N4O7/c1-7-21-25-24(31(38)45)29(44)26(40(4)5)19-13-16-12-18-20(39(2)3)14-17(15-41-10-8-32(46,9-11-41)34(35,36)37)27(42)23(18)28(43)22(16)30(47-6)33(19,25)48-21/h14,16,19,26,42,44,46H,7-13,15H2,1-6H3,(H2,38,45)/p+1/t16?,19-,26?,33+/m0/s1. The van der Waals surface area contributed by atoms with Gasteiger partial charge in [0.25, 0.3) is 5.91 Å². The molecule has 48 heavy (non-hydrogen) atoms. The number of likely N-dealkylation sites (N-methyl/N-ethyl adjacent to an activating group) is 1. The minimum Gasteiger partial charge on any atom is -0.507 e. The van der Waals surface area contributed by atoms with E-state index in [1.807, 2.05) is 40.0 Å². The summed E-state index contributed by atoms with van der Waals surface area (Å²) in [5.41, 5.74) is 4.26. The molecule has 5 aliphatic rings. The molecule has 1 spiro atoms. The average molecular weight is 678 g/mol. The van der Waals surface area contributed by atoms with Gasteiger partial charge in [0.1, 0.15) is 11.5 Å². The zero-order valence-electron chi connectivity index (χ0n) is 28.0. The summed E-state index contributed by atoms with van der Waals surface area (Å²) in [6.07, 6.45) is -4.56. The quantitative estimate of drug-likeness (QED) is 0.292. The number of piperidine rings is 1. The zero-order valence-corrected chi connectivity index (χ0v) is 28.0. The van der Waals surface area contributed by atoms with Gasteiger partial charge in [-0.05, 0) is 43.2 Å². The lowest BCUT2D eigenvalue weighted by Crippen LogP contribution is -3.12. The van der Waals surface area contributed by atoms with Crippen molar-refractivity contribution in [3.05, 3.63) is 56.8 Å². The van der Waals surface area contributed by atoms with E-state index in [-0.39, 0.29) is 54.0 Å². The number of nitrogens with two attached hydrogens (primary N) is 1. The van der Waals surface area contributed by atoms with Crippen molar-refractivity contribution in [3.8, 4) is 5.75 Å². The van der Waals surface area contributed by atoms with Crippen LogP contribution >= 0.6 is 0 Å². The molecule has 11 nitrogen and oxygen atoms in total. The van der Waals surface area contributed by atoms with Gasteiger partial charge in [-0.1, -0.05) is 6.92 Å². The third-order valence-corrected chi connectivity index (χ3v) is 11.1. The van der Waals surface area contributed by atoms with Crippen LogP contribution in [0.2, 0.25) is 0 Å². The first-order chi connectivity index (χ1) is 22.4. The van der Waals surface area contributed by atoms with Crippen LogP contribution < -0.4 is 15.5 Å². The molecular weight excluding hydrogens is 633 g/mol. The topological polar surface area (TPSA) is 150 Å². The molecule has 0 aromatic heterocycles. The van der Waals surface area contributed by atoms with Crippen LogP contribution in [0.25, 0.3) is 0 Å². The van der Waals surface area contributed by atoms with Crippen LogP contribution in [0, 0.1) is 11.8 Å². The lowest BCUT2D eigenvalue weighted by Gasteiger charge is -2.58. The largest absolute Gasteiger partial charge is 0.507 e. The number of nitrogens with zero attached hydrogens (tertiary/aromatic N) is 2. The number of nitrogens with one attached hydrogen (secondary N) is 1. The van der Waals surface area contributed by atoms with Gasteiger partial charge in [0.15, 0.2) is 28.9 Å². The van der Waals surface area contributed by atoms with E-state index in [2.05, 4.69) is 0 Å². The van der Waals surface area contributed by atoms with Gasteiger partial charge in [0.2, 0.25) is 5.60 Å². The van der Waals surface area contributed by atoms with Gasteiger partial charge >= 0.3 is 6.18 Å². The molecule has 2 aliphatic heterocycles. The fourth-order valence-electron chi connectivity index (χ4n) is 8.81. The number of Topliss-reactive ketones (excluding diaryl/α,β-unsaturated/α-hetero) is 1. The molecule has 3 aliphatic carbocycles. The Labute approximate surface area is 277 Å². The molecule has 0 saturated carbocycles. The van der Waals surface area contributed by atoms with Crippen LogP contribution in [0.1, 0.15) is 54.1 Å². The number of allylic oxidation sites excluding steroid dienone is 2. The Morgan fingerprint density at radius 2 is 1.88 bits per heavy atom. The average Bonchev–Trinajstić information content (AvgIpc) is 2.99. The minimum absolute atomic E-state index is 0.0308. The molecule has 2 heterocycles. The van der Waals surface area contributed by atoms with Gasteiger partial charge in [0.05, 0.1) is 43.8 Å². The predicted octanol–water partition coefficient (Wildman–Crippen LogP) is 1.88. The maximum Gasteiger partial charge on any atom is 0.417 e. The molecule has 6 N–H and O–H groups in total. The molecule has 4 atom stereocenters. The Kier molecular flexibility index (Phi) is 8.11. The Morgan fingerprint density at radius 3 is 2.40 bits per heavy atom. The number of carbonyl (C=O) groups excluding carboxylic acids is 2. The predicted molar refractivity (Wildman–Crippen MR) is 168 cm³/mol. The van der Waals surface area contributed by atoms with E-state index in [1.165, 1.54) is 7.11 Å². The number of likely N-dealkylation sites (tertiary alicyclic amines) is 1. The number of quaternary nitrogens is 1. The van der Waals surface area contributed by atoms with Crippen molar-refractivity contribution in [2.45, 2.75) is 69.0 Å². The molecular formula is C34H44F3N4O7+. The zero-order chi connectivity index (χ0) is 35.2. The highest BCUT2D eigenvalue weighted by molar-refractivity contribution is 6.15. The van der Waals surface area contributed by atoms with Crippen molar-refractivity contribution in [3.63, 3.8) is 0 Å². The molecule has 2 unspecified atom stereocenters. The number of hydrogen-bond acceptors (Lipinski definition) is 9. The van der Waals surface area contributed by atoms with Gasteiger partial charge in [-0.2, -0.15) is 13.2 Å². The van der Waals surface area contributed by atoms with Crippen molar-refractivity contribution in [2.24, 2.45) is 17.6 Å². The van der Waals surface area contributed by atoms with E-state index in [1.54, 1.807) is 11.0 Å². The number of primary amides is 1. The normalized spacial score (nSPS) is 28.3. The van der Waals surface area contributed by atoms with Crippen LogP contribution in [0.15, 0.2) is 40.1 Å². The number of ether oxygens (including phenoxy) is 2. The highest BCUT2D eigenvalue weighted by atomic mass is 19.4. The van der Waals surface area contributed by atoms with Crippen molar-refractivity contribution in [2.75, 3.05) is 53.3 Å². The van der Waals surface area contributed by atoms with Gasteiger partial charge < -0.3 is 40.3 Å². The third kappa shape index (κ3) is 4.66. The number of anilines is 1. The van der Waals surface area contributed by atoms with Gasteiger partial charge in [-0.25, -0.2) is 0 Å². The molecule has 1 saturated heterocycles. The molecule has 14 heteroatoms. The molecule has 1 fully saturated rings. The lowest BCUT2D eigenvalue weighted by atomic mass is 9.55. The van der Waals surface area contributed by atoms with E-state index in [0.717, 1.165) is 4.90 Å². The van der Waals surface area contributed by atoms with Crippen LogP contribution in [-0.4, -0.2) is 104 Å². The summed E-state index contributed by atoms with van der Waals surface area (Å²) in [6, 6.07) is 1.17. The highest BCUT2D eigenvalue weighted by Crippen LogP contribution is 2.63. The van der Waals surface area contributed by atoms with Crippen molar-refractivity contribution < 1.29 is 52.5 Å². The second-order valence-corrected chi connectivity index (χ2v) is 14.1. The maximum atomic E-state index is 14.7. The molecule has 262 valence electrons. The number of ketones is 1. The highest BCUT2D eigenvalue weighted by Gasteiger charge is 2.70. The van der Waals surface area contributed by atoms with Gasteiger partial charge in [0, 0.05) is 57.0 Å². The summed E-state index contributed by atoms with van der Waals surface area (Å²) < 4.78 is 52.9. The van der Waals surface area contributed by atoms with Crippen LogP contribution in [-0.2, 0) is 27.2 Å². The Balaban J connectivity index is 1.47. The fraction of sp³-hybridized carbons (Fsp3) is 0.588. The lowest BCUT2D eigenvalue weighted by molar-refractivity contribution is -0.887. The number of methoxy groups -OCH3 is 1. The number of halogens is 3. The van der Waals surface area contributed by atoms with Crippen LogP contribution in [0.4, 0.5) is 18.9 Å². The summed E-state index contributed by atoms with van der Waals surface area (Å²) in [6.45, 7) is 1.83. The van der Waals surface area contributed by atoms with Crippen LogP contribution in [0.3, 0.4) is 0 Å². The SMILES string of the molecule is CCC1=C2C(C(N)=O)=C(O)C([NH+](C)C)[C@@H]3CC4Cc5c(N(C)C)cc(CN6CCC(O)(C(F)(F)F)CC6)c(O)c5C(=O)C4=C(OC)[C@]23O1. The van der Waals surface area contributed by atoms with Crippen molar-refractivity contribution in [1.29, 1.82) is 0 Å². The van der Waals surface area contributed by atoms with E-state index < -0.39 is 53.9 Å². The van der Waals surface area contributed by atoms with Crippen molar-refractivity contribution in [1.82, 2.24) is 4.90 Å². The first kappa shape index (κ1) is 34.1. The molecule has 0 radical (unpaired) electrons. The van der Waals surface area contributed by atoms with E-state index >= 15 is 0 Å². The summed E-state index contributed by atoms with van der Waals surface area (Å²) >= 11 is 0. The second kappa shape index (κ2) is 11.4. The number of phenolic OH excluding ortho intramolecular Hbond substituents is 1. The molecule has 1 aromatic carbocycles.